The first kappa shape index (κ1) is 10.5. The first-order valence-corrected chi connectivity index (χ1v) is 3.99. The summed E-state index contributed by atoms with van der Waals surface area (Å²) in [5, 5.41) is 8.62. The second-order valence-electron chi connectivity index (χ2n) is 2.77. The van der Waals surface area contributed by atoms with Gasteiger partial charge in [0.25, 0.3) is 6.43 Å². The van der Waals surface area contributed by atoms with Gasteiger partial charge in [-0.1, -0.05) is 0 Å². The van der Waals surface area contributed by atoms with E-state index in [0.29, 0.717) is 5.69 Å². The predicted octanol–water partition coefficient (Wildman–Crippen LogP) is 1.66. The Labute approximate surface area is 80.2 Å². The van der Waals surface area contributed by atoms with Crippen molar-refractivity contribution in [1.82, 2.24) is 4.98 Å². The molecule has 0 spiro atoms. The van der Waals surface area contributed by atoms with Crippen molar-refractivity contribution in [3.05, 3.63) is 28.6 Å². The molecule has 0 saturated heterocycles. The van der Waals surface area contributed by atoms with Crippen molar-refractivity contribution in [2.75, 3.05) is 0 Å². The van der Waals surface area contributed by atoms with E-state index < -0.39 is 6.43 Å². The number of nitrogens with zero attached hydrogens (tertiary/aromatic N) is 2. The van der Waals surface area contributed by atoms with E-state index in [4.69, 9.17) is 11.0 Å². The van der Waals surface area contributed by atoms with Crippen molar-refractivity contribution in [3.63, 3.8) is 0 Å². The maximum Gasteiger partial charge on any atom is 0.265 e. The van der Waals surface area contributed by atoms with Crippen LogP contribution in [-0.4, -0.2) is 4.98 Å². The maximum absolute atomic E-state index is 12.5. The molecule has 0 bridgehead atoms. The van der Waals surface area contributed by atoms with Gasteiger partial charge in [0.1, 0.15) is 6.07 Å². The molecule has 0 aromatic carbocycles. The molecule has 2 N–H and O–H groups in total. The number of alkyl halides is 2. The number of halogens is 2. The lowest BCUT2D eigenvalue weighted by molar-refractivity contribution is 0.149. The molecule has 0 fully saturated rings. The monoisotopic (exact) mass is 197 g/mol. The van der Waals surface area contributed by atoms with Crippen LogP contribution < -0.4 is 5.73 Å². The van der Waals surface area contributed by atoms with Crippen LogP contribution >= 0.6 is 0 Å². The van der Waals surface area contributed by atoms with Gasteiger partial charge in [-0.25, -0.2) is 8.78 Å². The largest absolute Gasteiger partial charge is 0.325 e. The molecular formula is C9H9F2N3. The number of rotatable bonds is 2. The van der Waals surface area contributed by atoms with E-state index in [2.05, 4.69) is 4.98 Å². The van der Waals surface area contributed by atoms with Crippen molar-refractivity contribution in [2.45, 2.75) is 19.9 Å². The third-order valence-electron chi connectivity index (χ3n) is 1.87. The normalized spacial score (nSPS) is 10.3. The van der Waals surface area contributed by atoms with Crippen LogP contribution in [0.15, 0.2) is 6.07 Å². The Bertz CT molecular complexity index is 382. The number of aryl methyl sites for hydroxylation is 1. The molecule has 74 valence electrons. The summed E-state index contributed by atoms with van der Waals surface area (Å²) in [5.74, 6) is 0. The Kier molecular flexibility index (Phi) is 3.10. The molecule has 1 heterocycles. The number of pyridine rings is 1. The number of hydrogen-bond donors (Lipinski definition) is 1. The van der Waals surface area contributed by atoms with E-state index in [1.165, 1.54) is 0 Å². The average Bonchev–Trinajstić information content (AvgIpc) is 2.16. The van der Waals surface area contributed by atoms with Gasteiger partial charge in [-0.15, -0.1) is 0 Å². The standard InChI is InChI=1S/C9H9F2N3/c1-5-6(3-12)2-7(9(10)11)8(4-13)14-5/h2,9H,4,13H2,1H3. The van der Waals surface area contributed by atoms with Crippen molar-refractivity contribution in [2.24, 2.45) is 5.73 Å². The quantitative estimate of drug-likeness (QED) is 0.784. The first-order chi connectivity index (χ1) is 6.60. The van der Waals surface area contributed by atoms with Crippen molar-refractivity contribution < 1.29 is 8.78 Å². The van der Waals surface area contributed by atoms with Crippen LogP contribution in [0.4, 0.5) is 8.78 Å². The van der Waals surface area contributed by atoms with Crippen molar-refractivity contribution in [1.29, 1.82) is 5.26 Å². The lowest BCUT2D eigenvalue weighted by Gasteiger charge is -2.07. The van der Waals surface area contributed by atoms with Crippen molar-refractivity contribution >= 4 is 0 Å². The van der Waals surface area contributed by atoms with Gasteiger partial charge in [-0.3, -0.25) is 4.98 Å². The molecule has 0 aliphatic carbocycles. The van der Waals surface area contributed by atoms with Crippen LogP contribution in [0.5, 0.6) is 0 Å². The zero-order chi connectivity index (χ0) is 10.7. The van der Waals surface area contributed by atoms with Crippen LogP contribution in [-0.2, 0) is 6.54 Å². The SMILES string of the molecule is Cc1nc(CN)c(C(F)F)cc1C#N. The minimum absolute atomic E-state index is 0.0494. The van der Waals surface area contributed by atoms with Crippen LogP contribution in [0.25, 0.3) is 0 Å². The third kappa shape index (κ3) is 1.86. The summed E-state index contributed by atoms with van der Waals surface area (Å²) < 4.78 is 24.9. The molecule has 0 aliphatic heterocycles. The molecular weight excluding hydrogens is 188 g/mol. The molecule has 1 aromatic rings. The summed E-state index contributed by atoms with van der Waals surface area (Å²) in [6, 6.07) is 2.95. The van der Waals surface area contributed by atoms with E-state index in [0.717, 1.165) is 6.07 Å². The zero-order valence-corrected chi connectivity index (χ0v) is 7.59. The first-order valence-electron chi connectivity index (χ1n) is 3.99. The minimum Gasteiger partial charge on any atom is -0.325 e. The lowest BCUT2D eigenvalue weighted by atomic mass is 10.1. The van der Waals surface area contributed by atoms with Gasteiger partial charge < -0.3 is 5.73 Å². The molecule has 0 radical (unpaired) electrons. The third-order valence-corrected chi connectivity index (χ3v) is 1.87. The van der Waals surface area contributed by atoms with Gasteiger partial charge in [-0.2, -0.15) is 5.26 Å². The highest BCUT2D eigenvalue weighted by Crippen LogP contribution is 2.23. The molecule has 5 heteroatoms. The van der Waals surface area contributed by atoms with Crippen molar-refractivity contribution in [3.8, 4) is 6.07 Å². The van der Waals surface area contributed by atoms with Gasteiger partial charge in [0.2, 0.25) is 0 Å². The fraction of sp³-hybridized carbons (Fsp3) is 0.333. The Morgan fingerprint density at radius 2 is 2.29 bits per heavy atom. The van der Waals surface area contributed by atoms with Gasteiger partial charge in [0.15, 0.2) is 0 Å². The van der Waals surface area contributed by atoms with E-state index in [-0.39, 0.29) is 23.4 Å². The molecule has 0 unspecified atom stereocenters. The summed E-state index contributed by atoms with van der Waals surface area (Å²) in [5.41, 5.74) is 5.76. The summed E-state index contributed by atoms with van der Waals surface area (Å²) >= 11 is 0. The maximum atomic E-state index is 12.5. The van der Waals surface area contributed by atoms with E-state index >= 15 is 0 Å². The Morgan fingerprint density at radius 3 is 2.71 bits per heavy atom. The minimum atomic E-state index is -2.64. The summed E-state index contributed by atoms with van der Waals surface area (Å²) in [6.45, 7) is 1.54. The van der Waals surface area contributed by atoms with E-state index in [1.54, 1.807) is 13.0 Å². The topological polar surface area (TPSA) is 62.7 Å². The van der Waals surface area contributed by atoms with Crippen LogP contribution in [0.1, 0.15) is 28.9 Å². The highest BCUT2D eigenvalue weighted by atomic mass is 19.3. The zero-order valence-electron chi connectivity index (χ0n) is 7.59. The highest BCUT2D eigenvalue weighted by Gasteiger charge is 2.15. The molecule has 1 rings (SSSR count). The fourth-order valence-corrected chi connectivity index (χ4v) is 1.14. The molecule has 0 saturated carbocycles. The molecule has 3 nitrogen and oxygen atoms in total. The Balaban J connectivity index is 3.34. The summed E-state index contributed by atoms with van der Waals surface area (Å²) in [7, 11) is 0. The molecule has 0 amide bonds. The number of aromatic nitrogens is 1. The summed E-state index contributed by atoms with van der Waals surface area (Å²) in [4.78, 5) is 3.86. The smallest absolute Gasteiger partial charge is 0.265 e. The lowest BCUT2D eigenvalue weighted by Crippen LogP contribution is -2.07. The molecule has 1 aromatic heterocycles. The van der Waals surface area contributed by atoms with Gasteiger partial charge in [0.05, 0.1) is 17.0 Å². The Morgan fingerprint density at radius 1 is 1.64 bits per heavy atom. The average molecular weight is 197 g/mol. The number of hydrogen-bond acceptors (Lipinski definition) is 3. The second-order valence-corrected chi connectivity index (χ2v) is 2.77. The fourth-order valence-electron chi connectivity index (χ4n) is 1.14. The van der Waals surface area contributed by atoms with Gasteiger partial charge in [-0.05, 0) is 13.0 Å². The Hall–Kier alpha value is -1.54. The molecule has 0 aliphatic rings. The second kappa shape index (κ2) is 4.11. The van der Waals surface area contributed by atoms with Crippen LogP contribution in [0.3, 0.4) is 0 Å². The summed E-state index contributed by atoms with van der Waals surface area (Å²) in [6.07, 6.45) is -2.64. The van der Waals surface area contributed by atoms with E-state index in [9.17, 15) is 8.78 Å². The highest BCUT2D eigenvalue weighted by molar-refractivity contribution is 5.38. The van der Waals surface area contributed by atoms with Crippen LogP contribution in [0.2, 0.25) is 0 Å². The number of nitrogens with two attached hydrogens (primary N) is 1. The molecule has 14 heavy (non-hydrogen) atoms. The van der Waals surface area contributed by atoms with Gasteiger partial charge in [0, 0.05) is 12.1 Å². The predicted molar refractivity (Wildman–Crippen MR) is 46.5 cm³/mol. The molecule has 0 atom stereocenters. The van der Waals surface area contributed by atoms with E-state index in [1.807, 2.05) is 0 Å². The van der Waals surface area contributed by atoms with Gasteiger partial charge >= 0.3 is 0 Å². The van der Waals surface area contributed by atoms with Crippen LogP contribution in [0, 0.1) is 18.3 Å². The number of nitriles is 1.